The summed E-state index contributed by atoms with van der Waals surface area (Å²) in [6, 6.07) is 8.36. The summed E-state index contributed by atoms with van der Waals surface area (Å²) >= 11 is 2.56. The van der Waals surface area contributed by atoms with Crippen LogP contribution in [0, 0.1) is 0 Å². The first-order chi connectivity index (χ1) is 9.26. The Morgan fingerprint density at radius 3 is 2.26 bits per heavy atom. The number of halogens is 1. The molecule has 1 radical (unpaired) electrons. The molecule has 2 N–H and O–H groups in total. The summed E-state index contributed by atoms with van der Waals surface area (Å²) in [5.41, 5.74) is 4.32. The van der Waals surface area contributed by atoms with Crippen molar-refractivity contribution >= 4 is 76.3 Å². The van der Waals surface area contributed by atoms with Crippen LogP contribution in [-0.2, 0) is 0 Å². The SMILES string of the molecule is CC1=Nc2ccc3c4c(ccc(c24)N1)N=[C]([Al][I])N3. The second kappa shape index (κ2) is 4.20. The van der Waals surface area contributed by atoms with Gasteiger partial charge in [0.2, 0.25) is 0 Å². The summed E-state index contributed by atoms with van der Waals surface area (Å²) in [5, 5.41) is 9.10. The van der Waals surface area contributed by atoms with Gasteiger partial charge in [-0.15, -0.1) is 0 Å². The fourth-order valence-corrected chi connectivity index (χ4v) is 3.89. The largest absolute Gasteiger partial charge is 0.415 e. The highest BCUT2D eigenvalue weighted by Crippen LogP contribution is 2.45. The molecule has 19 heavy (non-hydrogen) atoms. The number of amidine groups is 2. The van der Waals surface area contributed by atoms with Crippen LogP contribution in [0.3, 0.4) is 0 Å². The molecule has 0 atom stereocenters. The highest BCUT2D eigenvalue weighted by molar-refractivity contribution is 14.1. The van der Waals surface area contributed by atoms with E-state index in [1.54, 1.807) is 0 Å². The van der Waals surface area contributed by atoms with E-state index < -0.39 is 0 Å². The number of nitrogens with zero attached hydrogens (tertiary/aromatic N) is 2. The lowest BCUT2D eigenvalue weighted by atomic mass is 10.0. The fraction of sp³-hybridized carbons (Fsp3) is 0.0769. The molecular formula is C13H9AlIN4. The van der Waals surface area contributed by atoms with Gasteiger partial charge in [-0.3, -0.25) is 4.99 Å². The van der Waals surface area contributed by atoms with Gasteiger partial charge >= 0.3 is 11.9 Å². The molecule has 0 bridgehead atoms. The van der Waals surface area contributed by atoms with E-state index >= 15 is 0 Å². The van der Waals surface area contributed by atoms with Gasteiger partial charge in [-0.2, -0.15) is 0 Å². The minimum atomic E-state index is 0.158. The predicted molar refractivity (Wildman–Crippen MR) is 90.8 cm³/mol. The number of anilines is 2. The Hall–Kier alpha value is -1.10. The van der Waals surface area contributed by atoms with Crippen LogP contribution in [0.1, 0.15) is 6.92 Å². The Kier molecular flexibility index (Phi) is 2.59. The number of rotatable bonds is 1. The van der Waals surface area contributed by atoms with Crippen LogP contribution in [0.15, 0.2) is 34.3 Å². The minimum Gasteiger partial charge on any atom is -0.358 e. The Balaban J connectivity index is 2.12. The maximum Gasteiger partial charge on any atom is 0.415 e. The Morgan fingerprint density at radius 1 is 0.947 bits per heavy atom. The van der Waals surface area contributed by atoms with Crippen LogP contribution in [0.25, 0.3) is 10.8 Å². The number of hydrogen-bond acceptors (Lipinski definition) is 4. The van der Waals surface area contributed by atoms with E-state index in [4.69, 9.17) is 4.99 Å². The molecule has 0 aliphatic carbocycles. The van der Waals surface area contributed by atoms with E-state index in [-0.39, 0.29) is 11.9 Å². The van der Waals surface area contributed by atoms with Gasteiger partial charge < -0.3 is 10.6 Å². The quantitative estimate of drug-likeness (QED) is 0.589. The van der Waals surface area contributed by atoms with Crippen LogP contribution in [-0.4, -0.2) is 22.5 Å². The van der Waals surface area contributed by atoms with Crippen molar-refractivity contribution in [1.82, 2.24) is 0 Å². The molecule has 2 aliphatic rings. The van der Waals surface area contributed by atoms with Crippen molar-refractivity contribution in [2.45, 2.75) is 6.92 Å². The van der Waals surface area contributed by atoms with E-state index in [2.05, 4.69) is 60.2 Å². The summed E-state index contributed by atoms with van der Waals surface area (Å²) in [7, 11) is 0. The average molecular weight is 375 g/mol. The van der Waals surface area contributed by atoms with Crippen molar-refractivity contribution in [2.75, 3.05) is 10.6 Å². The van der Waals surface area contributed by atoms with Gasteiger partial charge in [0.05, 0.1) is 11.4 Å². The number of nitrogens with one attached hydrogen (secondary N) is 2. The second-order valence-electron chi connectivity index (χ2n) is 4.57. The van der Waals surface area contributed by atoms with Crippen molar-refractivity contribution in [3.63, 3.8) is 0 Å². The average Bonchev–Trinajstić information content (AvgIpc) is 2.43. The van der Waals surface area contributed by atoms with Gasteiger partial charge in [0.25, 0.3) is 0 Å². The first-order valence-corrected chi connectivity index (χ1v) is 10.7. The van der Waals surface area contributed by atoms with Gasteiger partial charge in [0.15, 0.2) is 0 Å². The highest BCUT2D eigenvalue weighted by Gasteiger charge is 2.20. The third-order valence-corrected chi connectivity index (χ3v) is 5.58. The molecule has 2 aromatic carbocycles. The van der Waals surface area contributed by atoms with Crippen LogP contribution in [0.4, 0.5) is 22.7 Å². The van der Waals surface area contributed by atoms with Gasteiger partial charge in [-0.1, -0.05) is 0 Å². The molecule has 91 valence electrons. The van der Waals surface area contributed by atoms with Crippen molar-refractivity contribution in [2.24, 2.45) is 9.98 Å². The van der Waals surface area contributed by atoms with Crippen molar-refractivity contribution in [3.05, 3.63) is 24.3 Å². The molecule has 0 unspecified atom stereocenters. The maximum absolute atomic E-state index is 4.70. The summed E-state index contributed by atoms with van der Waals surface area (Å²) in [6.07, 6.45) is 0. The van der Waals surface area contributed by atoms with E-state index in [1.807, 2.05) is 6.92 Å². The molecule has 0 spiro atoms. The molecule has 2 heterocycles. The first-order valence-electron chi connectivity index (χ1n) is 5.97. The third kappa shape index (κ3) is 1.71. The lowest BCUT2D eigenvalue weighted by Crippen LogP contribution is -2.19. The van der Waals surface area contributed by atoms with E-state index in [0.717, 1.165) is 33.3 Å². The van der Waals surface area contributed by atoms with Gasteiger partial charge in [0.1, 0.15) is 5.84 Å². The standard InChI is InChI=1S/C13H9N4.Al.HI/c1-7-16-10-4-2-8-12-9(15-6-14-8)3-5-11(17-7)13(10)12;;/h2-5H,1H3,(H,14,15)(H,16,17);;1H/q;+1;/p-1. The zero-order valence-corrected chi connectivity index (χ0v) is 13.5. The van der Waals surface area contributed by atoms with Gasteiger partial charge in [-0.05, 0) is 31.2 Å². The first kappa shape index (κ1) is 11.7. The van der Waals surface area contributed by atoms with Crippen molar-refractivity contribution in [1.29, 1.82) is 0 Å². The second-order valence-corrected chi connectivity index (χ2v) is 7.20. The molecule has 2 aliphatic heterocycles. The molecule has 2 aromatic rings. The zero-order chi connectivity index (χ0) is 13.0. The van der Waals surface area contributed by atoms with E-state index in [0.29, 0.717) is 0 Å². The van der Waals surface area contributed by atoms with Crippen LogP contribution in [0.5, 0.6) is 0 Å². The molecule has 0 amide bonds. The summed E-state index contributed by atoms with van der Waals surface area (Å²) in [6.45, 7) is 1.98. The lowest BCUT2D eigenvalue weighted by Gasteiger charge is -2.23. The van der Waals surface area contributed by atoms with Crippen LogP contribution >= 0.6 is 20.3 Å². The van der Waals surface area contributed by atoms with E-state index in [9.17, 15) is 0 Å². The minimum absolute atomic E-state index is 0.158. The van der Waals surface area contributed by atoms with Gasteiger partial charge in [0, 0.05) is 26.8 Å². The Morgan fingerprint density at radius 2 is 1.58 bits per heavy atom. The maximum atomic E-state index is 4.70. The van der Waals surface area contributed by atoms with Crippen molar-refractivity contribution < 1.29 is 0 Å². The van der Waals surface area contributed by atoms with Crippen molar-refractivity contribution in [3.8, 4) is 0 Å². The zero-order valence-electron chi connectivity index (χ0n) is 10.2. The molecule has 6 heteroatoms. The summed E-state index contributed by atoms with van der Waals surface area (Å²) < 4.78 is 1.08. The lowest BCUT2D eigenvalue weighted by molar-refractivity contribution is 1.44. The molecule has 4 nitrogen and oxygen atoms in total. The Bertz CT molecular complexity index is 782. The smallest absolute Gasteiger partial charge is 0.358 e. The number of aliphatic imine (C=N–C) groups is 2. The Labute approximate surface area is 127 Å². The van der Waals surface area contributed by atoms with E-state index in [1.165, 1.54) is 10.8 Å². The fourth-order valence-electron chi connectivity index (χ4n) is 2.60. The topological polar surface area (TPSA) is 48.8 Å². The third-order valence-electron chi connectivity index (χ3n) is 3.33. The molecule has 4 rings (SSSR count). The summed E-state index contributed by atoms with van der Waals surface area (Å²) in [5.74, 6) is 0.931. The predicted octanol–water partition coefficient (Wildman–Crippen LogP) is 3.78. The summed E-state index contributed by atoms with van der Waals surface area (Å²) in [4.78, 5) is 9.28. The van der Waals surface area contributed by atoms with Crippen LogP contribution in [0.2, 0.25) is 0 Å². The highest BCUT2D eigenvalue weighted by atomic mass is 127. The molecule has 0 fully saturated rings. The number of benzene rings is 2. The molecule has 0 saturated carbocycles. The molecular weight excluding hydrogens is 366 g/mol. The molecule has 0 aromatic heterocycles. The van der Waals surface area contributed by atoms with Gasteiger partial charge in [-0.25, -0.2) is 25.3 Å². The van der Waals surface area contributed by atoms with Crippen LogP contribution < -0.4 is 10.6 Å². The monoisotopic (exact) mass is 375 g/mol. The normalized spacial score (nSPS) is 15.3. The molecule has 0 saturated heterocycles. The number of hydrogen-bond donors (Lipinski definition) is 2.